The number of thioether (sulfide) groups is 1. The fourth-order valence-electron chi connectivity index (χ4n) is 3.09. The molecule has 1 saturated heterocycles. The molecule has 5 heteroatoms. The summed E-state index contributed by atoms with van der Waals surface area (Å²) in [4.78, 5) is 19.3. The van der Waals surface area contributed by atoms with E-state index in [2.05, 4.69) is 22.1 Å². The summed E-state index contributed by atoms with van der Waals surface area (Å²) in [6, 6.07) is 11.7. The van der Waals surface area contributed by atoms with E-state index in [9.17, 15) is 4.79 Å². The maximum Gasteiger partial charge on any atom is 0.257 e. The molecule has 26 heavy (non-hydrogen) atoms. The number of carbonyl (C=O) groups is 1. The molecule has 138 valence electrons. The summed E-state index contributed by atoms with van der Waals surface area (Å²) < 4.78 is 0. The van der Waals surface area contributed by atoms with Crippen molar-refractivity contribution in [2.24, 2.45) is 0 Å². The van der Waals surface area contributed by atoms with Crippen molar-refractivity contribution in [3.63, 3.8) is 0 Å². The summed E-state index contributed by atoms with van der Waals surface area (Å²) in [5.74, 6) is 0.925. The molecule has 1 amide bonds. The van der Waals surface area contributed by atoms with Crippen LogP contribution in [0, 0.1) is 0 Å². The van der Waals surface area contributed by atoms with Gasteiger partial charge in [0, 0.05) is 24.2 Å². The van der Waals surface area contributed by atoms with Gasteiger partial charge in [-0.15, -0.1) is 11.8 Å². The second-order valence-corrected chi connectivity index (χ2v) is 7.76. The highest BCUT2D eigenvalue weighted by Gasteiger charge is 2.10. The van der Waals surface area contributed by atoms with Gasteiger partial charge in [0.1, 0.15) is 0 Å². The van der Waals surface area contributed by atoms with E-state index in [1.807, 2.05) is 36.4 Å². The average molecular weight is 370 g/mol. The number of benzene rings is 1. The average Bonchev–Trinajstić information content (AvgIpc) is 2.70. The highest BCUT2D eigenvalue weighted by molar-refractivity contribution is 7.99. The standard InChI is InChI=1S/C21H27N3OS/c1-2-17-6-9-19(10-7-17)23-21(25)18-8-11-20(22-16-18)26-15-14-24-12-4-3-5-13-24/h6-11,16H,2-5,12-15H2,1H3,(H,23,25). The molecular weight excluding hydrogens is 342 g/mol. The lowest BCUT2D eigenvalue weighted by Crippen LogP contribution is -2.31. The first-order valence-electron chi connectivity index (χ1n) is 9.46. The van der Waals surface area contributed by atoms with Gasteiger partial charge in [-0.3, -0.25) is 4.79 Å². The second-order valence-electron chi connectivity index (χ2n) is 6.64. The Kier molecular flexibility index (Phi) is 7.09. The van der Waals surface area contributed by atoms with Gasteiger partial charge in [-0.2, -0.15) is 0 Å². The molecule has 0 saturated carbocycles. The molecule has 2 aromatic rings. The van der Waals surface area contributed by atoms with Crippen LogP contribution < -0.4 is 5.32 Å². The smallest absolute Gasteiger partial charge is 0.257 e. The molecule has 0 bridgehead atoms. The molecule has 1 aliphatic rings. The Morgan fingerprint density at radius 3 is 2.54 bits per heavy atom. The maximum absolute atomic E-state index is 12.3. The summed E-state index contributed by atoms with van der Waals surface area (Å²) in [5.41, 5.74) is 2.66. The molecule has 1 N–H and O–H groups in total. The fourth-order valence-corrected chi connectivity index (χ4v) is 3.94. The highest BCUT2D eigenvalue weighted by Crippen LogP contribution is 2.18. The van der Waals surface area contributed by atoms with Crippen molar-refractivity contribution in [3.8, 4) is 0 Å². The van der Waals surface area contributed by atoms with Crippen LogP contribution in [0.25, 0.3) is 0 Å². The molecule has 0 spiro atoms. The largest absolute Gasteiger partial charge is 0.322 e. The van der Waals surface area contributed by atoms with Gasteiger partial charge in [0.05, 0.1) is 10.6 Å². The summed E-state index contributed by atoms with van der Waals surface area (Å²) in [6.45, 7) is 5.69. The third kappa shape index (κ3) is 5.58. The molecule has 3 rings (SSSR count). The number of hydrogen-bond acceptors (Lipinski definition) is 4. The number of anilines is 1. The van der Waals surface area contributed by atoms with Crippen LogP contribution in [-0.2, 0) is 6.42 Å². The maximum atomic E-state index is 12.3. The topological polar surface area (TPSA) is 45.2 Å². The molecule has 0 aliphatic carbocycles. The molecule has 0 atom stereocenters. The van der Waals surface area contributed by atoms with Crippen LogP contribution >= 0.6 is 11.8 Å². The number of rotatable bonds is 7. The van der Waals surface area contributed by atoms with E-state index in [0.717, 1.165) is 29.4 Å². The van der Waals surface area contributed by atoms with Crippen molar-refractivity contribution in [2.45, 2.75) is 37.6 Å². The quantitative estimate of drug-likeness (QED) is 0.731. The van der Waals surface area contributed by atoms with Gasteiger partial charge in [0.2, 0.25) is 0 Å². The third-order valence-corrected chi connectivity index (χ3v) is 5.65. The predicted octanol–water partition coefficient (Wildman–Crippen LogP) is 4.47. The third-order valence-electron chi connectivity index (χ3n) is 4.72. The first-order chi connectivity index (χ1) is 12.7. The van der Waals surface area contributed by atoms with Gasteiger partial charge in [-0.25, -0.2) is 4.98 Å². The van der Waals surface area contributed by atoms with E-state index in [-0.39, 0.29) is 5.91 Å². The minimum absolute atomic E-state index is 0.119. The van der Waals surface area contributed by atoms with Crippen LogP contribution in [0.3, 0.4) is 0 Å². The number of nitrogens with one attached hydrogen (secondary N) is 1. The molecule has 4 nitrogen and oxygen atoms in total. The van der Waals surface area contributed by atoms with Crippen molar-refractivity contribution in [1.82, 2.24) is 9.88 Å². The molecule has 0 radical (unpaired) electrons. The van der Waals surface area contributed by atoms with Gasteiger partial charge < -0.3 is 10.2 Å². The molecule has 1 fully saturated rings. The summed E-state index contributed by atoms with van der Waals surface area (Å²) in [5, 5.41) is 3.90. The summed E-state index contributed by atoms with van der Waals surface area (Å²) in [7, 11) is 0. The van der Waals surface area contributed by atoms with Gasteiger partial charge in [-0.1, -0.05) is 25.5 Å². The first-order valence-corrected chi connectivity index (χ1v) is 10.4. The zero-order chi connectivity index (χ0) is 18.2. The van der Waals surface area contributed by atoms with Crippen LogP contribution in [0.2, 0.25) is 0 Å². The summed E-state index contributed by atoms with van der Waals surface area (Å²) in [6.07, 6.45) is 6.69. The monoisotopic (exact) mass is 369 g/mol. The predicted molar refractivity (Wildman–Crippen MR) is 109 cm³/mol. The van der Waals surface area contributed by atoms with E-state index in [1.54, 1.807) is 18.0 Å². The van der Waals surface area contributed by atoms with Gasteiger partial charge in [0.15, 0.2) is 0 Å². The zero-order valence-corrected chi connectivity index (χ0v) is 16.2. The molecule has 0 unspecified atom stereocenters. The van der Waals surface area contributed by atoms with E-state index in [4.69, 9.17) is 0 Å². The van der Waals surface area contributed by atoms with Crippen molar-refractivity contribution in [1.29, 1.82) is 0 Å². The Morgan fingerprint density at radius 2 is 1.88 bits per heavy atom. The minimum Gasteiger partial charge on any atom is -0.322 e. The SMILES string of the molecule is CCc1ccc(NC(=O)c2ccc(SCCN3CCCCC3)nc2)cc1. The Labute approximate surface area is 160 Å². The van der Waals surface area contributed by atoms with Crippen molar-refractivity contribution >= 4 is 23.4 Å². The van der Waals surface area contributed by atoms with Crippen LogP contribution in [0.5, 0.6) is 0 Å². The van der Waals surface area contributed by atoms with E-state index in [0.29, 0.717) is 5.56 Å². The van der Waals surface area contributed by atoms with Crippen molar-refractivity contribution in [3.05, 3.63) is 53.7 Å². The number of amides is 1. The number of nitrogens with zero attached hydrogens (tertiary/aromatic N) is 2. The Bertz CT molecular complexity index is 694. The number of aryl methyl sites for hydroxylation is 1. The molecule has 1 aromatic carbocycles. The number of carbonyl (C=O) groups excluding carboxylic acids is 1. The minimum atomic E-state index is -0.119. The van der Waals surface area contributed by atoms with Gasteiger partial charge in [0.25, 0.3) is 5.91 Å². The summed E-state index contributed by atoms with van der Waals surface area (Å²) >= 11 is 1.76. The number of likely N-dealkylation sites (tertiary alicyclic amines) is 1. The molecule has 1 aliphatic heterocycles. The lowest BCUT2D eigenvalue weighted by Gasteiger charge is -2.25. The Morgan fingerprint density at radius 1 is 1.12 bits per heavy atom. The Hall–Kier alpha value is -1.85. The Balaban J connectivity index is 1.47. The number of pyridine rings is 1. The van der Waals surface area contributed by atoms with Crippen LogP contribution in [0.1, 0.15) is 42.1 Å². The molecule has 1 aromatic heterocycles. The lowest BCUT2D eigenvalue weighted by molar-refractivity contribution is 0.102. The number of hydrogen-bond donors (Lipinski definition) is 1. The van der Waals surface area contributed by atoms with Crippen molar-refractivity contribution in [2.75, 3.05) is 30.7 Å². The van der Waals surface area contributed by atoms with Crippen LogP contribution in [-0.4, -0.2) is 41.2 Å². The second kappa shape index (κ2) is 9.74. The normalized spacial score (nSPS) is 15.0. The van der Waals surface area contributed by atoms with Crippen LogP contribution in [0.15, 0.2) is 47.6 Å². The van der Waals surface area contributed by atoms with E-state index < -0.39 is 0 Å². The number of aromatic nitrogens is 1. The molecule has 2 heterocycles. The highest BCUT2D eigenvalue weighted by atomic mass is 32.2. The van der Waals surface area contributed by atoms with E-state index in [1.165, 1.54) is 37.9 Å². The fraction of sp³-hybridized carbons (Fsp3) is 0.429. The zero-order valence-electron chi connectivity index (χ0n) is 15.4. The van der Waals surface area contributed by atoms with E-state index >= 15 is 0 Å². The number of piperidine rings is 1. The molecular formula is C21H27N3OS. The van der Waals surface area contributed by atoms with Gasteiger partial charge >= 0.3 is 0 Å². The lowest BCUT2D eigenvalue weighted by atomic mass is 10.1. The van der Waals surface area contributed by atoms with Crippen molar-refractivity contribution < 1.29 is 4.79 Å². The first kappa shape index (κ1) is 18.9. The van der Waals surface area contributed by atoms with Gasteiger partial charge in [-0.05, 0) is 62.2 Å². The van der Waals surface area contributed by atoms with Crippen LogP contribution in [0.4, 0.5) is 5.69 Å².